The molecule has 3 aromatic rings. The molecule has 33 heavy (non-hydrogen) atoms. The fourth-order valence-electron chi connectivity index (χ4n) is 4.10. The molecule has 0 saturated heterocycles. The number of nitrogens with one attached hydrogen (secondary N) is 3. The Labute approximate surface area is 198 Å². The summed E-state index contributed by atoms with van der Waals surface area (Å²) in [6.07, 6.45) is -1.10. The van der Waals surface area contributed by atoms with Crippen molar-refractivity contribution in [2.75, 3.05) is 17.7 Å². The fourth-order valence-corrected chi connectivity index (χ4v) is 4.44. The van der Waals surface area contributed by atoms with E-state index < -0.39 is 6.36 Å². The van der Waals surface area contributed by atoms with Crippen molar-refractivity contribution < 1.29 is 17.9 Å². The van der Waals surface area contributed by atoms with Gasteiger partial charge in [-0.15, -0.1) is 13.2 Å². The molecule has 0 bridgehead atoms. The lowest BCUT2D eigenvalue weighted by Gasteiger charge is -2.30. The average Bonchev–Trinajstić information content (AvgIpc) is 2.78. The first-order chi connectivity index (χ1) is 15.8. The van der Waals surface area contributed by atoms with Gasteiger partial charge in [-0.1, -0.05) is 34.1 Å². The summed E-state index contributed by atoms with van der Waals surface area (Å²) < 4.78 is 42.9. The summed E-state index contributed by atoms with van der Waals surface area (Å²) >= 11 is 3.20. The molecular formula is C23H25BrF3N5O. The highest BCUT2D eigenvalue weighted by atomic mass is 79.9. The summed E-state index contributed by atoms with van der Waals surface area (Å²) in [4.78, 5) is 9.23. The number of para-hydroxylation sites is 1. The van der Waals surface area contributed by atoms with Gasteiger partial charge >= 0.3 is 6.36 Å². The Kier molecular flexibility index (Phi) is 7.23. The predicted octanol–water partition coefficient (Wildman–Crippen LogP) is 5.85. The number of fused-ring (bicyclic) bond motifs is 1. The lowest BCUT2D eigenvalue weighted by atomic mass is 9.91. The molecule has 1 saturated carbocycles. The Hall–Kier alpha value is -2.59. The highest BCUT2D eigenvalue weighted by molar-refractivity contribution is 9.10. The second-order valence-corrected chi connectivity index (χ2v) is 8.95. The van der Waals surface area contributed by atoms with Crippen LogP contribution in [0, 0.1) is 0 Å². The number of hydrogen-bond donors (Lipinski definition) is 3. The minimum Gasteiger partial charge on any atom is -0.405 e. The number of alkyl halides is 3. The molecule has 0 aliphatic heterocycles. The normalized spacial score (nSPS) is 18.8. The van der Waals surface area contributed by atoms with E-state index in [9.17, 15) is 13.2 Å². The maximum absolute atomic E-state index is 12.7. The summed E-state index contributed by atoms with van der Waals surface area (Å²) in [5.74, 6) is 1.19. The fraction of sp³-hybridized carbons (Fsp3) is 0.391. The predicted molar refractivity (Wildman–Crippen MR) is 126 cm³/mol. The highest BCUT2D eigenvalue weighted by Crippen LogP contribution is 2.30. The second kappa shape index (κ2) is 10.1. The molecule has 1 heterocycles. The van der Waals surface area contributed by atoms with Crippen molar-refractivity contribution in [2.45, 2.75) is 50.7 Å². The van der Waals surface area contributed by atoms with Crippen LogP contribution >= 0.6 is 15.9 Å². The van der Waals surface area contributed by atoms with E-state index in [1.54, 1.807) is 12.1 Å². The minimum absolute atomic E-state index is 0.187. The average molecular weight is 524 g/mol. The van der Waals surface area contributed by atoms with Crippen molar-refractivity contribution in [3.8, 4) is 5.75 Å². The van der Waals surface area contributed by atoms with Gasteiger partial charge in [0.05, 0.1) is 5.52 Å². The Morgan fingerprint density at radius 2 is 1.76 bits per heavy atom. The van der Waals surface area contributed by atoms with E-state index in [1.807, 2.05) is 31.3 Å². The van der Waals surface area contributed by atoms with Crippen LogP contribution < -0.4 is 20.7 Å². The van der Waals surface area contributed by atoms with E-state index in [0.717, 1.165) is 42.4 Å². The number of rotatable bonds is 7. The van der Waals surface area contributed by atoms with E-state index in [1.165, 1.54) is 6.07 Å². The Bertz CT molecular complexity index is 1100. The molecule has 1 aliphatic rings. The monoisotopic (exact) mass is 523 g/mol. The third-order valence-electron chi connectivity index (χ3n) is 5.74. The number of nitrogens with zero attached hydrogens (tertiary/aromatic N) is 2. The zero-order valence-electron chi connectivity index (χ0n) is 18.0. The molecule has 0 spiro atoms. The van der Waals surface area contributed by atoms with Gasteiger partial charge in [0.25, 0.3) is 0 Å². The Morgan fingerprint density at radius 1 is 1.03 bits per heavy atom. The molecule has 4 rings (SSSR count). The molecule has 6 nitrogen and oxygen atoms in total. The van der Waals surface area contributed by atoms with Crippen LogP contribution in [0.3, 0.4) is 0 Å². The van der Waals surface area contributed by atoms with Crippen molar-refractivity contribution in [3.05, 3.63) is 52.5 Å². The summed E-state index contributed by atoms with van der Waals surface area (Å²) in [7, 11) is 1.84. The van der Waals surface area contributed by atoms with Gasteiger partial charge < -0.3 is 20.7 Å². The van der Waals surface area contributed by atoms with Crippen molar-refractivity contribution in [3.63, 3.8) is 0 Å². The van der Waals surface area contributed by atoms with E-state index in [-0.39, 0.29) is 17.8 Å². The van der Waals surface area contributed by atoms with Gasteiger partial charge in [0.1, 0.15) is 11.6 Å². The van der Waals surface area contributed by atoms with Crippen molar-refractivity contribution in [1.82, 2.24) is 15.3 Å². The number of hydrogen-bond acceptors (Lipinski definition) is 6. The molecule has 2 aromatic carbocycles. The van der Waals surface area contributed by atoms with Crippen LogP contribution in [-0.4, -0.2) is 35.5 Å². The van der Waals surface area contributed by atoms with Crippen LogP contribution in [0.1, 0.15) is 31.2 Å². The maximum atomic E-state index is 12.7. The maximum Gasteiger partial charge on any atom is 0.573 e. The van der Waals surface area contributed by atoms with Gasteiger partial charge in [0.2, 0.25) is 5.95 Å². The van der Waals surface area contributed by atoms with Crippen LogP contribution in [0.5, 0.6) is 5.75 Å². The summed E-state index contributed by atoms with van der Waals surface area (Å²) in [5.41, 5.74) is 1.35. The molecule has 0 amide bonds. The molecular weight excluding hydrogens is 499 g/mol. The van der Waals surface area contributed by atoms with Crippen LogP contribution in [0.25, 0.3) is 10.9 Å². The third kappa shape index (κ3) is 6.26. The quantitative estimate of drug-likeness (QED) is 0.361. The Morgan fingerprint density at radius 3 is 2.48 bits per heavy atom. The van der Waals surface area contributed by atoms with Gasteiger partial charge in [-0.05, 0) is 49.9 Å². The zero-order valence-corrected chi connectivity index (χ0v) is 19.6. The van der Waals surface area contributed by atoms with E-state index in [2.05, 4.69) is 46.6 Å². The molecule has 0 atom stereocenters. The topological polar surface area (TPSA) is 71.1 Å². The molecule has 0 radical (unpaired) electrons. The van der Waals surface area contributed by atoms with Crippen molar-refractivity contribution in [1.29, 1.82) is 0 Å². The number of aromatic nitrogens is 2. The van der Waals surface area contributed by atoms with Crippen molar-refractivity contribution in [2.24, 2.45) is 0 Å². The number of halogens is 4. The zero-order chi connectivity index (χ0) is 23.4. The number of ether oxygens (including phenoxy) is 1. The smallest absolute Gasteiger partial charge is 0.405 e. The first kappa shape index (κ1) is 23.6. The number of benzene rings is 2. The summed E-state index contributed by atoms with van der Waals surface area (Å²) in [6, 6.07) is 13.0. The van der Waals surface area contributed by atoms with Crippen LogP contribution in [0.15, 0.2) is 46.9 Å². The third-order valence-corrected chi connectivity index (χ3v) is 6.23. The standard InChI is InChI=1S/C23H25BrF3N5O/c1-28-21-18-4-2-3-5-19(18)31-22(32-21)30-17-10-8-16(9-11-17)29-13-14-6-7-15(24)12-20(14)33-23(25,26)27/h2-7,12,16-17,29H,8-11,13H2,1H3,(H2,28,30,31,32)/t16-,17+. The first-order valence-corrected chi connectivity index (χ1v) is 11.6. The molecule has 1 aromatic heterocycles. The lowest BCUT2D eigenvalue weighted by molar-refractivity contribution is -0.274. The number of anilines is 2. The lowest BCUT2D eigenvalue weighted by Crippen LogP contribution is -2.37. The second-order valence-electron chi connectivity index (χ2n) is 8.04. The van der Waals surface area contributed by atoms with Gasteiger partial charge in [0, 0.05) is 41.1 Å². The van der Waals surface area contributed by atoms with Crippen LogP contribution in [0.2, 0.25) is 0 Å². The summed E-state index contributed by atoms with van der Waals surface area (Å²) in [5, 5.41) is 10.9. The molecule has 1 fully saturated rings. The molecule has 10 heteroatoms. The van der Waals surface area contributed by atoms with Gasteiger partial charge in [-0.25, -0.2) is 4.98 Å². The molecule has 0 unspecified atom stereocenters. The van der Waals surface area contributed by atoms with E-state index in [0.29, 0.717) is 22.5 Å². The Balaban J connectivity index is 1.33. The van der Waals surface area contributed by atoms with Gasteiger partial charge in [-0.3, -0.25) is 0 Å². The van der Waals surface area contributed by atoms with Crippen molar-refractivity contribution >= 4 is 38.6 Å². The largest absolute Gasteiger partial charge is 0.573 e. The first-order valence-electron chi connectivity index (χ1n) is 10.8. The summed E-state index contributed by atoms with van der Waals surface area (Å²) in [6.45, 7) is 0.306. The van der Waals surface area contributed by atoms with Gasteiger partial charge in [0.15, 0.2) is 0 Å². The SMILES string of the molecule is CNc1nc(N[C@H]2CC[C@@H](NCc3ccc(Br)cc3OC(F)(F)F)CC2)nc2ccccc12. The molecule has 1 aliphatic carbocycles. The minimum atomic E-state index is -4.72. The molecule has 176 valence electrons. The van der Waals surface area contributed by atoms with Gasteiger partial charge in [-0.2, -0.15) is 4.98 Å². The van der Waals surface area contributed by atoms with E-state index in [4.69, 9.17) is 0 Å². The highest BCUT2D eigenvalue weighted by Gasteiger charge is 2.32. The molecule has 3 N–H and O–H groups in total. The van der Waals surface area contributed by atoms with E-state index >= 15 is 0 Å². The van der Waals surface area contributed by atoms with Crippen LogP contribution in [0.4, 0.5) is 24.9 Å². The van der Waals surface area contributed by atoms with Crippen LogP contribution in [-0.2, 0) is 6.54 Å².